The predicted molar refractivity (Wildman–Crippen MR) is 110 cm³/mol. The largest absolute Gasteiger partial charge is 0.497 e. The van der Waals surface area contributed by atoms with Gasteiger partial charge in [-0.3, -0.25) is 4.79 Å². The van der Waals surface area contributed by atoms with E-state index in [4.69, 9.17) is 9.15 Å². The number of carbonyl (C=O) groups is 1. The second-order valence-corrected chi connectivity index (χ2v) is 6.65. The van der Waals surface area contributed by atoms with Gasteiger partial charge in [0.05, 0.1) is 7.11 Å². The van der Waals surface area contributed by atoms with Crippen LogP contribution in [0.1, 0.15) is 21.5 Å². The van der Waals surface area contributed by atoms with Gasteiger partial charge in [0, 0.05) is 16.8 Å². The van der Waals surface area contributed by atoms with Crippen LogP contribution in [0.5, 0.6) is 5.75 Å². The summed E-state index contributed by atoms with van der Waals surface area (Å²) in [6.45, 7) is 3.96. The van der Waals surface area contributed by atoms with Crippen LogP contribution in [-0.2, 0) is 0 Å². The number of aryl methyl sites for hydroxylation is 1. The number of ether oxygens (including phenoxy) is 1. The third-order valence-electron chi connectivity index (χ3n) is 4.69. The number of hydrogen-bond acceptors (Lipinski definition) is 4. The summed E-state index contributed by atoms with van der Waals surface area (Å²) in [5, 5.41) is 2.97. The minimum Gasteiger partial charge on any atom is -0.497 e. The number of nitrogens with one attached hydrogen (secondary N) is 1. The molecule has 3 aromatic carbocycles. The summed E-state index contributed by atoms with van der Waals surface area (Å²) in [5.74, 6) is 0.975. The number of carbonyl (C=O) groups excluding carboxylic acids is 1. The average molecular weight is 372 g/mol. The van der Waals surface area contributed by atoms with Crippen molar-refractivity contribution in [2.24, 2.45) is 0 Å². The van der Waals surface area contributed by atoms with E-state index in [1.807, 2.05) is 50.2 Å². The van der Waals surface area contributed by atoms with E-state index in [2.05, 4.69) is 10.3 Å². The van der Waals surface area contributed by atoms with E-state index in [1.165, 1.54) is 0 Å². The first-order valence-electron chi connectivity index (χ1n) is 8.98. The molecule has 1 aromatic heterocycles. The number of methoxy groups -OCH3 is 1. The van der Waals surface area contributed by atoms with Crippen molar-refractivity contribution in [1.82, 2.24) is 4.98 Å². The van der Waals surface area contributed by atoms with Crippen molar-refractivity contribution in [1.29, 1.82) is 0 Å². The third kappa shape index (κ3) is 3.34. The van der Waals surface area contributed by atoms with Crippen molar-refractivity contribution in [2.45, 2.75) is 13.8 Å². The molecule has 140 valence electrons. The summed E-state index contributed by atoms with van der Waals surface area (Å²) < 4.78 is 11.1. The van der Waals surface area contributed by atoms with Crippen molar-refractivity contribution in [3.63, 3.8) is 0 Å². The molecule has 4 aromatic rings. The Morgan fingerprint density at radius 2 is 1.86 bits per heavy atom. The Labute approximate surface area is 163 Å². The van der Waals surface area contributed by atoms with Gasteiger partial charge < -0.3 is 14.5 Å². The van der Waals surface area contributed by atoms with E-state index in [1.54, 1.807) is 31.4 Å². The molecule has 0 saturated carbocycles. The van der Waals surface area contributed by atoms with Gasteiger partial charge in [-0.05, 0) is 67.4 Å². The quantitative estimate of drug-likeness (QED) is 0.523. The number of hydrogen-bond donors (Lipinski definition) is 1. The molecule has 0 aliphatic rings. The summed E-state index contributed by atoms with van der Waals surface area (Å²) in [6, 6.07) is 18.6. The number of rotatable bonds is 4. The number of aromatic nitrogens is 1. The van der Waals surface area contributed by atoms with Crippen LogP contribution in [0.15, 0.2) is 65.1 Å². The van der Waals surface area contributed by atoms with E-state index in [0.717, 1.165) is 27.8 Å². The summed E-state index contributed by atoms with van der Waals surface area (Å²) in [6.07, 6.45) is 0. The lowest BCUT2D eigenvalue weighted by molar-refractivity contribution is 0.102. The highest BCUT2D eigenvalue weighted by molar-refractivity contribution is 6.05. The molecule has 0 saturated heterocycles. The summed E-state index contributed by atoms with van der Waals surface area (Å²) in [7, 11) is 1.58. The second-order valence-electron chi connectivity index (χ2n) is 6.65. The fourth-order valence-electron chi connectivity index (χ4n) is 3.11. The van der Waals surface area contributed by atoms with E-state index in [-0.39, 0.29) is 5.91 Å². The third-order valence-corrected chi connectivity index (χ3v) is 4.69. The first-order valence-corrected chi connectivity index (χ1v) is 8.98. The van der Waals surface area contributed by atoms with E-state index in [9.17, 15) is 4.79 Å². The molecule has 5 heteroatoms. The van der Waals surface area contributed by atoms with Crippen LogP contribution in [0.25, 0.3) is 22.6 Å². The molecule has 0 bridgehead atoms. The lowest BCUT2D eigenvalue weighted by Crippen LogP contribution is -2.13. The molecular formula is C23H20N2O3. The Balaban J connectivity index is 1.67. The maximum absolute atomic E-state index is 12.7. The lowest BCUT2D eigenvalue weighted by atomic mass is 10.1. The first-order chi connectivity index (χ1) is 13.5. The topological polar surface area (TPSA) is 64.4 Å². The normalized spacial score (nSPS) is 10.8. The van der Waals surface area contributed by atoms with Crippen molar-refractivity contribution < 1.29 is 13.9 Å². The minimum atomic E-state index is -0.202. The molecule has 1 N–H and O–H groups in total. The van der Waals surface area contributed by atoms with Crippen molar-refractivity contribution in [3.05, 3.63) is 77.4 Å². The van der Waals surface area contributed by atoms with Gasteiger partial charge in [-0.1, -0.05) is 18.2 Å². The Bertz CT molecular complexity index is 1180. The highest BCUT2D eigenvalue weighted by Crippen LogP contribution is 2.31. The maximum Gasteiger partial charge on any atom is 0.255 e. The molecule has 0 unspecified atom stereocenters. The molecule has 4 rings (SSSR count). The van der Waals surface area contributed by atoms with E-state index >= 15 is 0 Å². The number of nitrogens with zero attached hydrogens (tertiary/aromatic N) is 1. The Hall–Kier alpha value is -3.60. The average Bonchev–Trinajstić information content (AvgIpc) is 3.12. The number of anilines is 1. The lowest BCUT2D eigenvalue weighted by Gasteiger charge is -2.11. The molecule has 0 radical (unpaired) electrons. The Morgan fingerprint density at radius 3 is 2.68 bits per heavy atom. The van der Waals surface area contributed by atoms with Crippen molar-refractivity contribution in [3.8, 4) is 17.2 Å². The Morgan fingerprint density at radius 1 is 1.04 bits per heavy atom. The van der Waals surface area contributed by atoms with Gasteiger partial charge in [0.25, 0.3) is 5.91 Å². The maximum atomic E-state index is 12.7. The highest BCUT2D eigenvalue weighted by atomic mass is 16.5. The fourth-order valence-corrected chi connectivity index (χ4v) is 3.11. The molecule has 28 heavy (non-hydrogen) atoms. The molecule has 5 nitrogen and oxygen atoms in total. The predicted octanol–water partition coefficient (Wildman–Crippen LogP) is 5.37. The molecule has 1 amide bonds. The molecule has 0 spiro atoms. The number of fused-ring (bicyclic) bond motifs is 1. The molecular weight excluding hydrogens is 352 g/mol. The second kappa shape index (κ2) is 7.19. The summed E-state index contributed by atoms with van der Waals surface area (Å²) in [5.41, 5.74) is 5.67. The van der Waals surface area contributed by atoms with Crippen LogP contribution in [0, 0.1) is 13.8 Å². The standard InChI is InChI=1S/C23H20N2O3/c1-14-10-11-21-20(12-14)25-23(28-21)18-8-5-9-19(15(18)2)24-22(26)16-6-4-7-17(13-16)27-3/h4-13H,1-3H3,(H,24,26). The number of amides is 1. The van der Waals surface area contributed by atoms with Crippen LogP contribution in [-0.4, -0.2) is 18.0 Å². The van der Waals surface area contributed by atoms with Gasteiger partial charge in [-0.25, -0.2) is 4.98 Å². The highest BCUT2D eigenvalue weighted by Gasteiger charge is 2.15. The monoisotopic (exact) mass is 372 g/mol. The van der Waals surface area contributed by atoms with Crippen LogP contribution in [0.4, 0.5) is 5.69 Å². The van der Waals surface area contributed by atoms with Gasteiger partial charge in [0.1, 0.15) is 11.3 Å². The molecule has 0 fully saturated rings. The fraction of sp³-hybridized carbons (Fsp3) is 0.130. The van der Waals surface area contributed by atoms with Crippen molar-refractivity contribution >= 4 is 22.7 Å². The van der Waals surface area contributed by atoms with Gasteiger partial charge in [-0.2, -0.15) is 0 Å². The van der Waals surface area contributed by atoms with E-state index < -0.39 is 0 Å². The van der Waals surface area contributed by atoms with Gasteiger partial charge >= 0.3 is 0 Å². The number of benzene rings is 3. The Kier molecular flexibility index (Phi) is 4.57. The zero-order valence-electron chi connectivity index (χ0n) is 15.9. The van der Waals surface area contributed by atoms with E-state index in [0.29, 0.717) is 22.9 Å². The smallest absolute Gasteiger partial charge is 0.255 e. The van der Waals surface area contributed by atoms with Crippen molar-refractivity contribution in [2.75, 3.05) is 12.4 Å². The summed E-state index contributed by atoms with van der Waals surface area (Å²) >= 11 is 0. The zero-order chi connectivity index (χ0) is 19.7. The van der Waals surface area contributed by atoms with Crippen LogP contribution >= 0.6 is 0 Å². The van der Waals surface area contributed by atoms with Gasteiger partial charge in [0.2, 0.25) is 5.89 Å². The minimum absolute atomic E-state index is 0.202. The molecule has 0 atom stereocenters. The molecule has 0 aliphatic heterocycles. The van der Waals surface area contributed by atoms with Crippen LogP contribution < -0.4 is 10.1 Å². The van der Waals surface area contributed by atoms with Crippen LogP contribution in [0.2, 0.25) is 0 Å². The first kappa shape index (κ1) is 17.8. The molecule has 1 heterocycles. The number of oxazole rings is 1. The SMILES string of the molecule is COc1cccc(C(=O)Nc2cccc(-c3nc4cc(C)ccc4o3)c2C)c1. The summed E-state index contributed by atoms with van der Waals surface area (Å²) in [4.78, 5) is 17.3. The van der Waals surface area contributed by atoms with Gasteiger partial charge in [-0.15, -0.1) is 0 Å². The van der Waals surface area contributed by atoms with Crippen LogP contribution in [0.3, 0.4) is 0 Å². The zero-order valence-corrected chi connectivity index (χ0v) is 15.9. The van der Waals surface area contributed by atoms with Gasteiger partial charge in [0.15, 0.2) is 5.58 Å². The molecule has 0 aliphatic carbocycles.